The molecule has 1 aromatic rings. The summed E-state index contributed by atoms with van der Waals surface area (Å²) in [5, 5.41) is 0. The van der Waals surface area contributed by atoms with Crippen LogP contribution in [0, 0.1) is 13.8 Å². The van der Waals surface area contributed by atoms with E-state index < -0.39 is 0 Å². The van der Waals surface area contributed by atoms with Crippen LogP contribution in [0.5, 0.6) is 5.75 Å². The van der Waals surface area contributed by atoms with Crippen LogP contribution in [0.3, 0.4) is 0 Å². The molecule has 0 saturated heterocycles. The number of esters is 1. The van der Waals surface area contributed by atoms with E-state index in [1.165, 1.54) is 5.56 Å². The first-order valence-electron chi connectivity index (χ1n) is 7.58. The van der Waals surface area contributed by atoms with E-state index in [1.807, 2.05) is 20.8 Å². The summed E-state index contributed by atoms with van der Waals surface area (Å²) in [4.78, 5) is 11.6. The molecule has 0 aliphatic rings. The number of unbranched alkanes of at least 4 members (excludes halogenated alkanes) is 1. The minimum atomic E-state index is -0.318. The first-order chi connectivity index (χ1) is 9.93. The Bertz CT molecular complexity index is 446. The zero-order chi connectivity index (χ0) is 15.8. The molecule has 0 aromatic heterocycles. The molecular formula is C17H27NO3. The summed E-state index contributed by atoms with van der Waals surface area (Å²) in [7, 11) is 0. The monoisotopic (exact) mass is 293 g/mol. The van der Waals surface area contributed by atoms with Gasteiger partial charge in [0.25, 0.3) is 0 Å². The van der Waals surface area contributed by atoms with Gasteiger partial charge in [-0.2, -0.15) is 0 Å². The lowest BCUT2D eigenvalue weighted by atomic mass is 10.0. The summed E-state index contributed by atoms with van der Waals surface area (Å²) in [6.45, 7) is 8.43. The van der Waals surface area contributed by atoms with Crippen molar-refractivity contribution in [1.82, 2.24) is 0 Å². The third-order valence-corrected chi connectivity index (χ3v) is 3.17. The highest BCUT2D eigenvalue weighted by molar-refractivity contribution is 5.71. The molecule has 0 aliphatic heterocycles. The molecule has 0 amide bonds. The Hall–Kier alpha value is -1.55. The molecule has 0 fully saturated rings. The minimum Gasteiger partial charge on any atom is -0.481 e. The van der Waals surface area contributed by atoms with Crippen LogP contribution in [-0.4, -0.2) is 25.2 Å². The predicted molar refractivity (Wildman–Crippen MR) is 84.6 cm³/mol. The van der Waals surface area contributed by atoms with Gasteiger partial charge in [0.05, 0.1) is 6.61 Å². The molecule has 0 spiro atoms. The van der Waals surface area contributed by atoms with E-state index in [9.17, 15) is 4.79 Å². The summed E-state index contributed by atoms with van der Waals surface area (Å²) in [6, 6.07) is 4.26. The van der Waals surface area contributed by atoms with Gasteiger partial charge in [0.2, 0.25) is 0 Å². The van der Waals surface area contributed by atoms with Gasteiger partial charge in [-0.25, -0.2) is 4.79 Å². The molecule has 0 bridgehead atoms. The second-order valence-electron chi connectivity index (χ2n) is 5.60. The molecule has 1 atom stereocenters. The number of rotatable bonds is 8. The number of nitrogens with two attached hydrogens (primary N) is 1. The van der Waals surface area contributed by atoms with Crippen molar-refractivity contribution in [2.75, 3.05) is 13.2 Å². The van der Waals surface area contributed by atoms with Gasteiger partial charge in [0.1, 0.15) is 5.75 Å². The van der Waals surface area contributed by atoms with E-state index in [0.717, 1.165) is 36.1 Å². The van der Waals surface area contributed by atoms with Crippen LogP contribution in [0.2, 0.25) is 0 Å². The van der Waals surface area contributed by atoms with Crippen molar-refractivity contribution in [2.45, 2.75) is 53.0 Å². The normalized spacial score (nSPS) is 12.0. The molecular weight excluding hydrogens is 266 g/mol. The molecule has 0 radical (unpaired) electrons. The SMILES string of the molecule is CCCCOC(=O)COc1c(C)cc(CC(C)N)cc1C. The fourth-order valence-corrected chi connectivity index (χ4v) is 2.26. The van der Waals surface area contributed by atoms with Crippen LogP contribution in [0.1, 0.15) is 43.4 Å². The summed E-state index contributed by atoms with van der Waals surface area (Å²) in [5.74, 6) is 0.442. The number of ether oxygens (including phenoxy) is 2. The zero-order valence-corrected chi connectivity index (χ0v) is 13.6. The van der Waals surface area contributed by atoms with Gasteiger partial charge in [-0.1, -0.05) is 25.5 Å². The number of carbonyl (C=O) groups excluding carboxylic acids is 1. The van der Waals surface area contributed by atoms with Crippen molar-refractivity contribution in [3.8, 4) is 5.75 Å². The van der Waals surface area contributed by atoms with Crippen LogP contribution in [0.4, 0.5) is 0 Å². The quantitative estimate of drug-likeness (QED) is 0.591. The van der Waals surface area contributed by atoms with Crippen molar-refractivity contribution in [3.63, 3.8) is 0 Å². The summed E-state index contributed by atoms with van der Waals surface area (Å²) in [6.07, 6.45) is 2.73. The highest BCUT2D eigenvalue weighted by Gasteiger charge is 2.10. The molecule has 1 rings (SSSR count). The average Bonchev–Trinajstić information content (AvgIpc) is 2.37. The maximum absolute atomic E-state index is 11.6. The molecule has 118 valence electrons. The van der Waals surface area contributed by atoms with Crippen molar-refractivity contribution in [1.29, 1.82) is 0 Å². The molecule has 1 aromatic carbocycles. The molecule has 1 unspecified atom stereocenters. The van der Waals surface area contributed by atoms with Gasteiger partial charge in [-0.3, -0.25) is 0 Å². The Balaban J connectivity index is 2.61. The van der Waals surface area contributed by atoms with Crippen LogP contribution < -0.4 is 10.5 Å². The summed E-state index contributed by atoms with van der Waals surface area (Å²) in [5.41, 5.74) is 9.06. The van der Waals surface area contributed by atoms with Crippen LogP contribution in [-0.2, 0) is 16.0 Å². The second-order valence-corrected chi connectivity index (χ2v) is 5.60. The predicted octanol–water partition coefficient (Wildman–Crippen LogP) is 2.92. The number of hydrogen-bond acceptors (Lipinski definition) is 4. The topological polar surface area (TPSA) is 61.5 Å². The van der Waals surface area contributed by atoms with E-state index in [1.54, 1.807) is 0 Å². The molecule has 4 heteroatoms. The fourth-order valence-electron chi connectivity index (χ4n) is 2.26. The van der Waals surface area contributed by atoms with E-state index in [-0.39, 0.29) is 18.6 Å². The summed E-state index contributed by atoms with van der Waals surface area (Å²) >= 11 is 0. The van der Waals surface area contributed by atoms with Crippen molar-refractivity contribution >= 4 is 5.97 Å². The Morgan fingerprint density at radius 3 is 2.43 bits per heavy atom. The largest absolute Gasteiger partial charge is 0.481 e. The van der Waals surface area contributed by atoms with Crippen molar-refractivity contribution in [3.05, 3.63) is 28.8 Å². The van der Waals surface area contributed by atoms with E-state index >= 15 is 0 Å². The van der Waals surface area contributed by atoms with Crippen molar-refractivity contribution < 1.29 is 14.3 Å². The average molecular weight is 293 g/mol. The molecule has 21 heavy (non-hydrogen) atoms. The lowest BCUT2D eigenvalue weighted by Crippen LogP contribution is -2.18. The van der Waals surface area contributed by atoms with Gasteiger partial charge in [0.15, 0.2) is 6.61 Å². The van der Waals surface area contributed by atoms with Gasteiger partial charge >= 0.3 is 5.97 Å². The van der Waals surface area contributed by atoms with E-state index in [2.05, 4.69) is 19.1 Å². The number of hydrogen-bond donors (Lipinski definition) is 1. The maximum atomic E-state index is 11.6. The summed E-state index contributed by atoms with van der Waals surface area (Å²) < 4.78 is 10.7. The van der Waals surface area contributed by atoms with E-state index in [4.69, 9.17) is 15.2 Å². The first kappa shape index (κ1) is 17.5. The third kappa shape index (κ3) is 6.17. The second kappa shape index (κ2) is 8.67. The third-order valence-electron chi connectivity index (χ3n) is 3.17. The Labute approximate surface area is 127 Å². The van der Waals surface area contributed by atoms with Crippen LogP contribution >= 0.6 is 0 Å². The van der Waals surface area contributed by atoms with Crippen LogP contribution in [0.25, 0.3) is 0 Å². The molecule has 0 aliphatic carbocycles. The lowest BCUT2D eigenvalue weighted by Gasteiger charge is -2.14. The maximum Gasteiger partial charge on any atom is 0.344 e. The Morgan fingerprint density at radius 1 is 1.29 bits per heavy atom. The van der Waals surface area contributed by atoms with Crippen molar-refractivity contribution in [2.24, 2.45) is 5.73 Å². The standard InChI is InChI=1S/C17H27NO3/c1-5-6-7-20-16(19)11-21-17-12(2)8-15(9-13(17)3)10-14(4)18/h8-9,14H,5-7,10-11,18H2,1-4H3. The smallest absolute Gasteiger partial charge is 0.344 e. The Kier molecular flexibility index (Phi) is 7.23. The highest BCUT2D eigenvalue weighted by Crippen LogP contribution is 2.25. The minimum absolute atomic E-state index is 0.0436. The Morgan fingerprint density at radius 2 is 1.90 bits per heavy atom. The molecule has 2 N–H and O–H groups in total. The molecule has 0 saturated carbocycles. The lowest BCUT2D eigenvalue weighted by molar-refractivity contribution is -0.146. The van der Waals surface area contributed by atoms with Gasteiger partial charge in [-0.05, 0) is 50.3 Å². The van der Waals surface area contributed by atoms with Gasteiger partial charge in [-0.15, -0.1) is 0 Å². The molecule has 0 heterocycles. The van der Waals surface area contributed by atoms with Gasteiger partial charge in [0, 0.05) is 6.04 Å². The highest BCUT2D eigenvalue weighted by atomic mass is 16.6. The molecule has 4 nitrogen and oxygen atoms in total. The van der Waals surface area contributed by atoms with E-state index in [0.29, 0.717) is 6.61 Å². The fraction of sp³-hybridized carbons (Fsp3) is 0.588. The number of aryl methyl sites for hydroxylation is 2. The number of benzene rings is 1. The van der Waals surface area contributed by atoms with Crippen LogP contribution in [0.15, 0.2) is 12.1 Å². The van der Waals surface area contributed by atoms with Gasteiger partial charge < -0.3 is 15.2 Å². The first-order valence-corrected chi connectivity index (χ1v) is 7.58. The zero-order valence-electron chi connectivity index (χ0n) is 13.6. The number of carbonyl (C=O) groups is 1.